The summed E-state index contributed by atoms with van der Waals surface area (Å²) in [6.07, 6.45) is 13.7. The van der Waals surface area contributed by atoms with E-state index in [4.69, 9.17) is 15.0 Å². The van der Waals surface area contributed by atoms with E-state index in [1.54, 1.807) is 0 Å². The zero-order valence-corrected chi connectivity index (χ0v) is 29.1. The van der Waals surface area contributed by atoms with Gasteiger partial charge in [0.05, 0.1) is 11.0 Å². The van der Waals surface area contributed by atoms with Crippen LogP contribution in [-0.2, 0) is 0 Å². The molecule has 0 N–H and O–H groups in total. The molecule has 4 aromatic carbocycles. The van der Waals surface area contributed by atoms with Crippen LogP contribution in [0.25, 0.3) is 50.5 Å². The standard InChI is InChI=1S/C45H44N6/c1-2-7-31(8-3-1)43-46-44(32-9-6-10-33(25-32)49-35-17-27-15-28(19-35)20-36(49)18-27)48-45(47-43)51-41-12-5-4-11-39(41)40-14-13-34(26-42(40)51)50-37-21-29-16-30(23-37)24-38(50)22-29/h1-14,25-30,35-38H,15-24H2. The predicted octanol–water partition coefficient (Wildman–Crippen LogP) is 9.84. The summed E-state index contributed by atoms with van der Waals surface area (Å²) < 4.78 is 2.31. The number of rotatable bonds is 5. The van der Waals surface area contributed by atoms with Gasteiger partial charge in [0, 0.05) is 57.4 Å². The molecule has 0 radical (unpaired) electrons. The third-order valence-electron chi connectivity index (χ3n) is 14.0. The minimum absolute atomic E-state index is 0.669. The van der Waals surface area contributed by atoms with Gasteiger partial charge in [-0.3, -0.25) is 4.57 Å². The van der Waals surface area contributed by atoms with E-state index < -0.39 is 0 Å². The summed E-state index contributed by atoms with van der Waals surface area (Å²) >= 11 is 0. The van der Waals surface area contributed by atoms with Crippen molar-refractivity contribution >= 4 is 33.2 Å². The lowest BCUT2D eigenvalue weighted by molar-refractivity contribution is 0.0899. The first-order chi connectivity index (χ1) is 25.2. The number of aromatic nitrogens is 4. The molecule has 4 saturated heterocycles. The van der Waals surface area contributed by atoms with Gasteiger partial charge in [0.15, 0.2) is 11.6 Å². The van der Waals surface area contributed by atoms with Crippen LogP contribution in [0.1, 0.15) is 64.2 Å². The van der Waals surface area contributed by atoms with Gasteiger partial charge in [-0.1, -0.05) is 66.7 Å². The molecule has 6 nitrogen and oxygen atoms in total. The van der Waals surface area contributed by atoms with Gasteiger partial charge in [-0.15, -0.1) is 0 Å². The lowest BCUT2D eigenvalue weighted by Gasteiger charge is -2.57. The summed E-state index contributed by atoms with van der Waals surface area (Å²) in [4.78, 5) is 21.4. The molecular weight excluding hydrogens is 625 g/mol. The lowest BCUT2D eigenvalue weighted by atomic mass is 9.63. The van der Waals surface area contributed by atoms with Gasteiger partial charge in [0.2, 0.25) is 5.95 Å². The maximum absolute atomic E-state index is 5.37. The van der Waals surface area contributed by atoms with Gasteiger partial charge in [-0.25, -0.2) is 4.98 Å². The molecule has 4 aliphatic carbocycles. The zero-order chi connectivity index (χ0) is 33.2. The van der Waals surface area contributed by atoms with Crippen molar-refractivity contribution in [1.29, 1.82) is 0 Å². The van der Waals surface area contributed by atoms with Crippen molar-refractivity contribution in [2.24, 2.45) is 23.7 Å². The Bertz CT molecular complexity index is 2270. The van der Waals surface area contributed by atoms with E-state index in [9.17, 15) is 0 Å². The summed E-state index contributed by atoms with van der Waals surface area (Å²) in [5, 5.41) is 2.48. The van der Waals surface area contributed by atoms with Crippen LogP contribution >= 0.6 is 0 Å². The smallest absolute Gasteiger partial charge is 0.238 e. The number of hydrogen-bond donors (Lipinski definition) is 0. The van der Waals surface area contributed by atoms with E-state index in [1.807, 2.05) is 0 Å². The Morgan fingerprint density at radius 1 is 0.412 bits per heavy atom. The number of nitrogens with zero attached hydrogens (tertiary/aromatic N) is 6. The molecule has 8 aliphatic rings. The summed E-state index contributed by atoms with van der Waals surface area (Å²) in [5.41, 5.74) is 7.06. The Morgan fingerprint density at radius 2 is 0.941 bits per heavy atom. The fourth-order valence-corrected chi connectivity index (χ4v) is 12.4. The van der Waals surface area contributed by atoms with Crippen molar-refractivity contribution in [2.45, 2.75) is 88.4 Å². The maximum atomic E-state index is 5.37. The predicted molar refractivity (Wildman–Crippen MR) is 205 cm³/mol. The number of para-hydroxylation sites is 1. The highest BCUT2D eigenvalue weighted by atomic mass is 15.2. The largest absolute Gasteiger partial charge is 0.366 e. The Morgan fingerprint density at radius 3 is 1.59 bits per heavy atom. The second-order valence-electron chi connectivity index (χ2n) is 17.0. The van der Waals surface area contributed by atoms with Crippen molar-refractivity contribution in [1.82, 2.24) is 19.5 Å². The van der Waals surface area contributed by atoms with Crippen molar-refractivity contribution in [3.8, 4) is 28.7 Å². The van der Waals surface area contributed by atoms with Gasteiger partial charge >= 0.3 is 0 Å². The zero-order valence-electron chi connectivity index (χ0n) is 29.1. The van der Waals surface area contributed by atoms with E-state index in [2.05, 4.69) is 111 Å². The van der Waals surface area contributed by atoms with Crippen LogP contribution in [-0.4, -0.2) is 43.7 Å². The monoisotopic (exact) mass is 668 g/mol. The number of anilines is 2. The Hall–Kier alpha value is -4.71. The second-order valence-corrected chi connectivity index (χ2v) is 17.0. The Labute approximate surface area is 299 Å². The molecule has 0 spiro atoms. The highest BCUT2D eigenvalue weighted by Gasteiger charge is 2.48. The third kappa shape index (κ3) is 4.50. The topological polar surface area (TPSA) is 50.1 Å². The molecule has 8 fully saturated rings. The second kappa shape index (κ2) is 10.9. The normalized spacial score (nSPS) is 30.3. The highest BCUT2D eigenvalue weighted by molar-refractivity contribution is 6.09. The molecule has 6 heterocycles. The summed E-state index contributed by atoms with van der Waals surface area (Å²) in [6, 6.07) is 38.2. The molecule has 6 aromatic rings. The van der Waals surface area contributed by atoms with Crippen molar-refractivity contribution in [3.05, 3.63) is 97.1 Å². The van der Waals surface area contributed by atoms with Crippen LogP contribution in [0.15, 0.2) is 97.1 Å². The van der Waals surface area contributed by atoms with E-state index >= 15 is 0 Å². The lowest BCUT2D eigenvalue weighted by Crippen LogP contribution is -2.58. The van der Waals surface area contributed by atoms with Crippen LogP contribution in [0.5, 0.6) is 0 Å². The molecule has 0 atom stereocenters. The van der Waals surface area contributed by atoms with E-state index in [1.165, 1.54) is 91.9 Å². The quantitative estimate of drug-likeness (QED) is 0.183. The van der Waals surface area contributed by atoms with Crippen LogP contribution in [0.3, 0.4) is 0 Å². The molecule has 51 heavy (non-hydrogen) atoms. The average Bonchev–Trinajstić information content (AvgIpc) is 3.48. The molecule has 4 aliphatic heterocycles. The highest BCUT2D eigenvalue weighted by Crippen LogP contribution is 2.52. The Balaban J connectivity index is 1.02. The van der Waals surface area contributed by atoms with Crippen molar-refractivity contribution in [3.63, 3.8) is 0 Å². The molecule has 254 valence electrons. The van der Waals surface area contributed by atoms with Gasteiger partial charge in [-0.2, -0.15) is 9.97 Å². The molecule has 0 unspecified atom stereocenters. The van der Waals surface area contributed by atoms with Crippen molar-refractivity contribution in [2.75, 3.05) is 9.80 Å². The van der Waals surface area contributed by atoms with Crippen molar-refractivity contribution < 1.29 is 0 Å². The average molecular weight is 669 g/mol. The van der Waals surface area contributed by atoms with Crippen LogP contribution in [0.2, 0.25) is 0 Å². The Kier molecular flexibility index (Phi) is 6.18. The van der Waals surface area contributed by atoms with E-state index in [-0.39, 0.29) is 0 Å². The first kappa shape index (κ1) is 28.9. The van der Waals surface area contributed by atoms with Crippen LogP contribution in [0.4, 0.5) is 11.4 Å². The number of piperidine rings is 4. The van der Waals surface area contributed by atoms with Gasteiger partial charge in [0.1, 0.15) is 0 Å². The SMILES string of the molecule is c1ccc(-c2nc(-c3cccc(N4C5CC6CC(C5)CC4C6)c3)nc(-n3c4ccccc4c4ccc(N5C6CC7CC(C6)CC5C7)cc43)n2)cc1. The fraction of sp³-hybridized carbons (Fsp3) is 0.400. The van der Waals surface area contributed by atoms with Gasteiger partial charge in [-0.05, 0) is 118 Å². The van der Waals surface area contributed by atoms with Crippen LogP contribution < -0.4 is 9.80 Å². The summed E-state index contributed by atoms with van der Waals surface area (Å²) in [5.74, 6) is 5.84. The number of hydrogen-bond acceptors (Lipinski definition) is 5. The first-order valence-corrected chi connectivity index (χ1v) is 19.7. The minimum atomic E-state index is 0.669. The number of fused-ring (bicyclic) bond motifs is 3. The molecule has 4 saturated carbocycles. The molecular formula is C45H44N6. The molecule has 0 amide bonds. The molecule has 8 bridgehead atoms. The third-order valence-corrected chi connectivity index (χ3v) is 14.0. The molecule has 14 rings (SSSR count). The number of benzene rings is 4. The van der Waals surface area contributed by atoms with Gasteiger partial charge < -0.3 is 9.80 Å². The summed E-state index contributed by atoms with van der Waals surface area (Å²) in [6.45, 7) is 0. The maximum Gasteiger partial charge on any atom is 0.238 e. The van der Waals surface area contributed by atoms with E-state index in [0.717, 1.165) is 46.1 Å². The molecule has 6 heteroatoms. The minimum Gasteiger partial charge on any atom is -0.366 e. The molecule has 2 aromatic heterocycles. The summed E-state index contributed by atoms with van der Waals surface area (Å²) in [7, 11) is 0. The first-order valence-electron chi connectivity index (χ1n) is 19.7. The fourth-order valence-electron chi connectivity index (χ4n) is 12.4. The van der Waals surface area contributed by atoms with Gasteiger partial charge in [0.25, 0.3) is 0 Å². The van der Waals surface area contributed by atoms with E-state index in [0.29, 0.717) is 35.9 Å². The van der Waals surface area contributed by atoms with Crippen LogP contribution in [0, 0.1) is 23.7 Å².